The zero-order valence-corrected chi connectivity index (χ0v) is 12.8. The van der Waals surface area contributed by atoms with E-state index >= 15 is 0 Å². The fraction of sp³-hybridized carbons (Fsp3) is 1.00. The Balaban J connectivity index is 2.08. The molecule has 2 aliphatic heterocycles. The van der Waals surface area contributed by atoms with Crippen LogP contribution in [-0.2, 0) is 9.47 Å². The van der Waals surface area contributed by atoms with Crippen molar-refractivity contribution < 1.29 is 50.3 Å². The fourth-order valence-electron chi connectivity index (χ4n) is 2.55. The Bertz CT molecular complexity index is 385. The van der Waals surface area contributed by atoms with Gasteiger partial charge in [-0.15, -0.1) is 11.8 Å². The van der Waals surface area contributed by atoms with Crippen LogP contribution in [0.1, 0.15) is 0 Å². The molecule has 2 heterocycles. The normalized spacial score (nSPS) is 51.7. The highest BCUT2D eigenvalue weighted by Crippen LogP contribution is 2.36. The van der Waals surface area contributed by atoms with E-state index < -0.39 is 72.9 Å². The smallest absolute Gasteiger partial charge is 0.169 e. The van der Waals surface area contributed by atoms with E-state index in [1.165, 1.54) is 0 Å². The minimum Gasteiger partial charge on any atom is -0.394 e. The molecule has 0 spiro atoms. The summed E-state index contributed by atoms with van der Waals surface area (Å²) in [7, 11) is 0. The minimum atomic E-state index is -1.59. The molecule has 2 rings (SSSR count). The van der Waals surface area contributed by atoms with E-state index in [-0.39, 0.29) is 0 Å². The molecule has 2 fully saturated rings. The number of rotatable bonds is 4. The van der Waals surface area contributed by atoms with Gasteiger partial charge in [0.05, 0.1) is 24.6 Å². The van der Waals surface area contributed by atoms with E-state index in [1.807, 2.05) is 0 Å². The van der Waals surface area contributed by atoms with Gasteiger partial charge in [0.2, 0.25) is 0 Å². The van der Waals surface area contributed by atoms with E-state index in [0.717, 1.165) is 0 Å². The Morgan fingerprint density at radius 2 is 1.17 bits per heavy atom. The van der Waals surface area contributed by atoms with E-state index in [0.29, 0.717) is 11.8 Å². The van der Waals surface area contributed by atoms with E-state index in [2.05, 4.69) is 0 Å². The Labute approximate surface area is 135 Å². The highest BCUT2D eigenvalue weighted by molar-refractivity contribution is 8.00. The molecule has 0 aromatic carbocycles. The molecular weight excluding hydrogens is 336 g/mol. The first kappa shape index (κ1) is 19.3. The minimum absolute atomic E-state index is 0.604. The van der Waals surface area contributed by atoms with Crippen LogP contribution in [0.4, 0.5) is 0 Å². The number of hydrogen-bond acceptors (Lipinski definition) is 11. The van der Waals surface area contributed by atoms with Crippen LogP contribution in [0, 0.1) is 0 Å². The Morgan fingerprint density at radius 3 is 1.74 bits per heavy atom. The van der Waals surface area contributed by atoms with Crippen molar-refractivity contribution in [2.24, 2.45) is 0 Å². The molecule has 8 N–H and O–H groups in total. The van der Waals surface area contributed by atoms with Crippen molar-refractivity contribution in [3.05, 3.63) is 0 Å². The number of aliphatic hydroxyl groups is 8. The molecule has 0 amide bonds. The van der Waals surface area contributed by atoms with E-state index in [1.54, 1.807) is 0 Å². The van der Waals surface area contributed by atoms with Gasteiger partial charge in [0, 0.05) is 0 Å². The second-order valence-electron chi connectivity index (χ2n) is 5.53. The third-order valence-corrected chi connectivity index (χ3v) is 5.47. The van der Waals surface area contributed by atoms with E-state index in [9.17, 15) is 30.6 Å². The summed E-state index contributed by atoms with van der Waals surface area (Å²) >= 11 is 0.686. The molecule has 0 saturated carbocycles. The van der Waals surface area contributed by atoms with Crippen LogP contribution in [0.2, 0.25) is 0 Å². The molecule has 0 aliphatic carbocycles. The van der Waals surface area contributed by atoms with Crippen LogP contribution in [0.15, 0.2) is 0 Å². The van der Waals surface area contributed by atoms with Crippen LogP contribution >= 0.6 is 11.8 Å². The highest BCUT2D eigenvalue weighted by Gasteiger charge is 2.49. The molecule has 0 unspecified atom stereocenters. The molecule has 10 nitrogen and oxygen atoms in total. The maximum atomic E-state index is 10.0. The Hall–Kier alpha value is -0.0500. The second-order valence-corrected chi connectivity index (χ2v) is 6.81. The summed E-state index contributed by atoms with van der Waals surface area (Å²) in [5.41, 5.74) is -1.19. The second kappa shape index (κ2) is 7.89. The van der Waals surface area contributed by atoms with Crippen LogP contribution in [0.3, 0.4) is 0 Å². The third-order valence-electron chi connectivity index (χ3n) is 3.98. The maximum Gasteiger partial charge on any atom is 0.169 e. The zero-order chi connectivity index (χ0) is 17.3. The van der Waals surface area contributed by atoms with Gasteiger partial charge in [0.1, 0.15) is 42.1 Å². The number of aliphatic hydroxyl groups excluding tert-OH is 8. The molecule has 2 aliphatic rings. The predicted molar refractivity (Wildman–Crippen MR) is 75.1 cm³/mol. The summed E-state index contributed by atoms with van der Waals surface area (Å²) in [6.07, 6.45) is -11.5. The average molecular weight is 358 g/mol. The maximum absolute atomic E-state index is 10.0. The summed E-state index contributed by atoms with van der Waals surface area (Å²) in [4.78, 5) is 0. The first-order chi connectivity index (χ1) is 10.8. The highest BCUT2D eigenvalue weighted by atomic mass is 32.2. The topological polar surface area (TPSA) is 180 Å². The number of ether oxygens (including phenoxy) is 2. The van der Waals surface area contributed by atoms with Crippen LogP contribution in [-0.4, -0.2) is 114 Å². The number of hydrogen-bond donors (Lipinski definition) is 8. The first-order valence-electron chi connectivity index (χ1n) is 7.08. The predicted octanol–water partition coefficient (Wildman–Crippen LogP) is -4.68. The van der Waals surface area contributed by atoms with Gasteiger partial charge >= 0.3 is 0 Å². The summed E-state index contributed by atoms with van der Waals surface area (Å²) in [6, 6.07) is 0. The molecule has 0 aromatic heterocycles. The Morgan fingerprint density at radius 1 is 0.652 bits per heavy atom. The molecule has 11 heteroatoms. The van der Waals surface area contributed by atoms with Crippen molar-refractivity contribution in [2.45, 2.75) is 59.7 Å². The lowest BCUT2D eigenvalue weighted by Gasteiger charge is -2.44. The Kier molecular flexibility index (Phi) is 6.61. The fourth-order valence-corrected chi connectivity index (χ4v) is 3.91. The lowest BCUT2D eigenvalue weighted by Crippen LogP contribution is -2.61. The van der Waals surface area contributed by atoms with Gasteiger partial charge < -0.3 is 50.3 Å². The molecule has 10 atom stereocenters. The summed E-state index contributed by atoms with van der Waals surface area (Å²) < 4.78 is 10.2. The average Bonchev–Trinajstić information content (AvgIpc) is 2.54. The van der Waals surface area contributed by atoms with Crippen molar-refractivity contribution in [3.63, 3.8) is 0 Å². The molecule has 0 bridgehead atoms. The lowest BCUT2D eigenvalue weighted by molar-refractivity contribution is -0.236. The summed E-state index contributed by atoms with van der Waals surface area (Å²) in [5.74, 6) is 0. The van der Waals surface area contributed by atoms with Gasteiger partial charge in [-0.05, 0) is 0 Å². The third kappa shape index (κ3) is 3.80. The molecule has 2 saturated heterocycles. The van der Waals surface area contributed by atoms with Gasteiger partial charge in [-0.1, -0.05) is 0 Å². The van der Waals surface area contributed by atoms with Crippen molar-refractivity contribution >= 4 is 11.8 Å². The largest absolute Gasteiger partial charge is 0.394 e. The quantitative estimate of drug-likeness (QED) is 0.242. The van der Waals surface area contributed by atoms with Gasteiger partial charge in [-0.2, -0.15) is 0 Å². The van der Waals surface area contributed by atoms with Crippen molar-refractivity contribution in [3.8, 4) is 0 Å². The lowest BCUT2D eigenvalue weighted by atomic mass is 10.0. The van der Waals surface area contributed by atoms with Gasteiger partial charge in [0.15, 0.2) is 6.29 Å². The van der Waals surface area contributed by atoms with Crippen molar-refractivity contribution in [1.82, 2.24) is 0 Å². The standard InChI is InChI=1S/C12H22O10S/c13-1-3-6(16)8(18)10(11(20)21-3)23-12-9(19)7(17)5(15)4(2-14)22-12/h3-20H,1-2H2/t3-,4-,5-,6-,7+,8+,9+,10+,11+,12-/m1/s1. The van der Waals surface area contributed by atoms with Gasteiger partial charge in [0.25, 0.3) is 0 Å². The van der Waals surface area contributed by atoms with Gasteiger partial charge in [-0.3, -0.25) is 0 Å². The molecule has 136 valence electrons. The van der Waals surface area contributed by atoms with Crippen LogP contribution in [0.5, 0.6) is 0 Å². The SMILES string of the molecule is OC[C@H]1O[C@H](S[C@H]2[C@@H](O)[C@H](O)[C@@H](CO)O[C@@H]2O)[C@@H](O)[C@@H](O)[C@@H]1O. The van der Waals surface area contributed by atoms with Crippen molar-refractivity contribution in [2.75, 3.05) is 13.2 Å². The van der Waals surface area contributed by atoms with Crippen LogP contribution in [0.25, 0.3) is 0 Å². The zero-order valence-electron chi connectivity index (χ0n) is 12.0. The molecule has 0 radical (unpaired) electrons. The summed E-state index contributed by atoms with van der Waals surface area (Å²) in [5, 5.41) is 76.1. The molecule has 0 aromatic rings. The molecule has 23 heavy (non-hydrogen) atoms. The molecular formula is C12H22O10S. The summed E-state index contributed by atoms with van der Waals surface area (Å²) in [6.45, 7) is -1.21. The number of thioether (sulfide) groups is 1. The van der Waals surface area contributed by atoms with Gasteiger partial charge in [-0.25, -0.2) is 0 Å². The van der Waals surface area contributed by atoms with Crippen LogP contribution < -0.4 is 0 Å². The van der Waals surface area contributed by atoms with Crippen molar-refractivity contribution in [1.29, 1.82) is 0 Å². The van der Waals surface area contributed by atoms with E-state index in [4.69, 9.17) is 19.7 Å². The first-order valence-corrected chi connectivity index (χ1v) is 8.02. The monoisotopic (exact) mass is 358 g/mol.